The number of hydrogen-bond donors (Lipinski definition) is 1. The normalized spacial score (nSPS) is 12.5. The number of hydrogen-bond acceptors (Lipinski definition) is 2. The molecule has 0 aliphatic rings. The summed E-state index contributed by atoms with van der Waals surface area (Å²) in [6.45, 7) is 2.56. The lowest BCUT2D eigenvalue weighted by Crippen LogP contribution is -2.29. The van der Waals surface area contributed by atoms with Crippen molar-refractivity contribution in [3.8, 4) is 0 Å². The molecule has 1 N–H and O–H groups in total. The molecule has 0 aromatic carbocycles. The summed E-state index contributed by atoms with van der Waals surface area (Å²) in [5, 5.41) is 2.75. The lowest BCUT2D eigenvalue weighted by Gasteiger charge is -2.08. The molecule has 5 heteroatoms. The van der Waals surface area contributed by atoms with Crippen LogP contribution in [-0.2, 0) is 7.05 Å². The summed E-state index contributed by atoms with van der Waals surface area (Å²) in [5.41, 5.74) is 0.429. The van der Waals surface area contributed by atoms with E-state index in [2.05, 4.69) is 17.2 Å². The number of amides is 1. The van der Waals surface area contributed by atoms with Crippen LogP contribution in [0.25, 0.3) is 0 Å². The van der Waals surface area contributed by atoms with E-state index in [1.807, 2.05) is 7.05 Å². The molecular formula is C10H16ClN3O. The van der Waals surface area contributed by atoms with E-state index in [9.17, 15) is 4.79 Å². The molecular weight excluding hydrogens is 214 g/mol. The summed E-state index contributed by atoms with van der Waals surface area (Å²) in [6.07, 6.45) is 5.20. The zero-order chi connectivity index (χ0) is 11.3. The number of imidazole rings is 1. The molecule has 0 saturated carbocycles. The summed E-state index contributed by atoms with van der Waals surface area (Å²) in [4.78, 5) is 15.5. The Bertz CT molecular complexity index is 324. The highest BCUT2D eigenvalue weighted by Crippen LogP contribution is 2.03. The fraction of sp³-hybridized carbons (Fsp3) is 0.600. The molecule has 1 amide bonds. The van der Waals surface area contributed by atoms with Gasteiger partial charge >= 0.3 is 0 Å². The minimum absolute atomic E-state index is 0.00247. The SMILES string of the molecule is CCCC(Cl)CNC(=O)c1cn(C)cn1. The second-order valence-electron chi connectivity index (χ2n) is 3.52. The van der Waals surface area contributed by atoms with Gasteiger partial charge in [-0.15, -0.1) is 11.6 Å². The van der Waals surface area contributed by atoms with E-state index in [1.54, 1.807) is 17.1 Å². The number of nitrogens with one attached hydrogen (secondary N) is 1. The van der Waals surface area contributed by atoms with Gasteiger partial charge in [-0.1, -0.05) is 13.3 Å². The molecule has 1 rings (SSSR count). The first-order valence-corrected chi connectivity index (χ1v) is 5.47. The number of aromatic nitrogens is 2. The molecule has 1 unspecified atom stereocenters. The van der Waals surface area contributed by atoms with E-state index in [1.165, 1.54) is 0 Å². The number of halogens is 1. The minimum Gasteiger partial charge on any atom is -0.349 e. The van der Waals surface area contributed by atoms with Gasteiger partial charge in [0.05, 0.1) is 11.7 Å². The monoisotopic (exact) mass is 229 g/mol. The predicted molar refractivity (Wildman–Crippen MR) is 60.1 cm³/mol. The van der Waals surface area contributed by atoms with Gasteiger partial charge < -0.3 is 9.88 Å². The lowest BCUT2D eigenvalue weighted by atomic mass is 10.2. The Morgan fingerprint density at radius 3 is 3.00 bits per heavy atom. The first-order chi connectivity index (χ1) is 7.13. The van der Waals surface area contributed by atoms with Gasteiger partial charge in [0.25, 0.3) is 5.91 Å². The topological polar surface area (TPSA) is 46.9 Å². The highest BCUT2D eigenvalue weighted by atomic mass is 35.5. The maximum Gasteiger partial charge on any atom is 0.271 e. The maximum absolute atomic E-state index is 11.5. The van der Waals surface area contributed by atoms with E-state index < -0.39 is 0 Å². The zero-order valence-electron chi connectivity index (χ0n) is 9.03. The van der Waals surface area contributed by atoms with Crippen molar-refractivity contribution in [2.45, 2.75) is 25.1 Å². The van der Waals surface area contributed by atoms with Crippen LogP contribution in [0.2, 0.25) is 0 Å². The Morgan fingerprint density at radius 2 is 2.47 bits per heavy atom. The van der Waals surface area contributed by atoms with Crippen molar-refractivity contribution in [2.75, 3.05) is 6.54 Å². The molecule has 1 aromatic heterocycles. The zero-order valence-corrected chi connectivity index (χ0v) is 9.79. The molecule has 0 saturated heterocycles. The second kappa shape index (κ2) is 5.75. The smallest absolute Gasteiger partial charge is 0.271 e. The van der Waals surface area contributed by atoms with Gasteiger partial charge in [-0.2, -0.15) is 0 Å². The molecule has 0 fully saturated rings. The van der Waals surface area contributed by atoms with E-state index in [-0.39, 0.29) is 11.3 Å². The quantitative estimate of drug-likeness (QED) is 0.779. The third-order valence-corrected chi connectivity index (χ3v) is 2.40. The summed E-state index contributed by atoms with van der Waals surface area (Å²) in [5.74, 6) is -0.169. The van der Waals surface area contributed by atoms with Crippen molar-refractivity contribution in [2.24, 2.45) is 7.05 Å². The molecule has 0 spiro atoms. The molecule has 1 atom stereocenters. The van der Waals surface area contributed by atoms with Crippen molar-refractivity contribution in [3.63, 3.8) is 0 Å². The van der Waals surface area contributed by atoms with Crippen LogP contribution in [0.4, 0.5) is 0 Å². The Balaban J connectivity index is 2.36. The largest absolute Gasteiger partial charge is 0.349 e. The number of carbonyl (C=O) groups excluding carboxylic acids is 1. The average molecular weight is 230 g/mol. The van der Waals surface area contributed by atoms with Crippen LogP contribution in [0.5, 0.6) is 0 Å². The molecule has 0 radical (unpaired) electrons. The van der Waals surface area contributed by atoms with E-state index >= 15 is 0 Å². The molecule has 1 heterocycles. The van der Waals surface area contributed by atoms with Crippen LogP contribution in [0.15, 0.2) is 12.5 Å². The minimum atomic E-state index is -0.169. The van der Waals surface area contributed by atoms with E-state index in [0.29, 0.717) is 12.2 Å². The maximum atomic E-state index is 11.5. The van der Waals surface area contributed by atoms with E-state index in [4.69, 9.17) is 11.6 Å². The average Bonchev–Trinajstić information content (AvgIpc) is 2.62. The Hall–Kier alpha value is -1.03. The summed E-state index contributed by atoms with van der Waals surface area (Å²) < 4.78 is 1.74. The van der Waals surface area contributed by atoms with Gasteiger partial charge in [0, 0.05) is 19.8 Å². The fourth-order valence-electron chi connectivity index (χ4n) is 1.24. The third kappa shape index (κ3) is 3.91. The van der Waals surface area contributed by atoms with Gasteiger partial charge in [-0.05, 0) is 6.42 Å². The van der Waals surface area contributed by atoms with Crippen LogP contribution in [0.3, 0.4) is 0 Å². The Labute approximate surface area is 94.6 Å². The standard InChI is InChI=1S/C10H16ClN3O/c1-3-4-8(11)5-12-10(15)9-6-14(2)7-13-9/h6-8H,3-5H2,1-2H3,(H,12,15). The summed E-state index contributed by atoms with van der Waals surface area (Å²) >= 11 is 5.98. The summed E-state index contributed by atoms with van der Waals surface area (Å²) in [6, 6.07) is 0. The van der Waals surface area contributed by atoms with Crippen molar-refractivity contribution < 1.29 is 4.79 Å². The van der Waals surface area contributed by atoms with Crippen molar-refractivity contribution in [1.29, 1.82) is 0 Å². The van der Waals surface area contributed by atoms with Crippen LogP contribution >= 0.6 is 11.6 Å². The van der Waals surface area contributed by atoms with Gasteiger partial charge in [-0.3, -0.25) is 4.79 Å². The highest BCUT2D eigenvalue weighted by Gasteiger charge is 2.10. The fourth-order valence-corrected chi connectivity index (χ4v) is 1.53. The van der Waals surface area contributed by atoms with Crippen molar-refractivity contribution in [3.05, 3.63) is 18.2 Å². The molecule has 1 aromatic rings. The lowest BCUT2D eigenvalue weighted by molar-refractivity contribution is 0.0948. The number of nitrogens with zero attached hydrogens (tertiary/aromatic N) is 2. The molecule has 15 heavy (non-hydrogen) atoms. The van der Waals surface area contributed by atoms with Gasteiger partial charge in [0.1, 0.15) is 5.69 Å². The Kier molecular flexibility index (Phi) is 4.62. The van der Waals surface area contributed by atoms with E-state index in [0.717, 1.165) is 12.8 Å². The number of alkyl halides is 1. The van der Waals surface area contributed by atoms with Crippen LogP contribution in [0.1, 0.15) is 30.3 Å². The predicted octanol–water partition coefficient (Wildman–Crippen LogP) is 1.56. The van der Waals surface area contributed by atoms with Crippen LogP contribution in [-0.4, -0.2) is 27.4 Å². The number of carbonyl (C=O) groups is 1. The molecule has 4 nitrogen and oxygen atoms in total. The molecule has 0 aliphatic heterocycles. The Morgan fingerprint density at radius 1 is 1.73 bits per heavy atom. The van der Waals surface area contributed by atoms with Crippen molar-refractivity contribution in [1.82, 2.24) is 14.9 Å². The highest BCUT2D eigenvalue weighted by molar-refractivity contribution is 6.20. The first-order valence-electron chi connectivity index (χ1n) is 5.03. The van der Waals surface area contributed by atoms with Gasteiger partial charge in [-0.25, -0.2) is 4.98 Å². The second-order valence-corrected chi connectivity index (χ2v) is 4.14. The van der Waals surface area contributed by atoms with Gasteiger partial charge in [0.2, 0.25) is 0 Å². The summed E-state index contributed by atoms with van der Waals surface area (Å²) in [7, 11) is 1.82. The molecule has 0 bridgehead atoms. The van der Waals surface area contributed by atoms with Crippen LogP contribution < -0.4 is 5.32 Å². The van der Waals surface area contributed by atoms with Crippen molar-refractivity contribution >= 4 is 17.5 Å². The molecule has 0 aliphatic carbocycles. The van der Waals surface area contributed by atoms with Gasteiger partial charge in [0.15, 0.2) is 0 Å². The number of rotatable bonds is 5. The van der Waals surface area contributed by atoms with Crippen LogP contribution in [0, 0.1) is 0 Å². The third-order valence-electron chi connectivity index (χ3n) is 2.02. The molecule has 84 valence electrons. The number of aryl methyl sites for hydroxylation is 1. The first kappa shape index (κ1) is 12.0.